The van der Waals surface area contributed by atoms with E-state index in [1.807, 2.05) is 6.92 Å². The van der Waals surface area contributed by atoms with Crippen molar-refractivity contribution in [3.63, 3.8) is 0 Å². The van der Waals surface area contributed by atoms with Crippen LogP contribution in [0.2, 0.25) is 0 Å². The number of aromatic carboxylic acids is 1. The van der Waals surface area contributed by atoms with Gasteiger partial charge in [-0.3, -0.25) is 4.68 Å². The molecule has 0 saturated carbocycles. The van der Waals surface area contributed by atoms with E-state index < -0.39 is 5.97 Å². The minimum Gasteiger partial charge on any atom is -0.478 e. The SMILES string of the molecule is Cc1nn(C)c2ncc(C(=O)O)c(NCCCCO)c12. The zero-order chi connectivity index (χ0) is 14.7. The van der Waals surface area contributed by atoms with Crippen LogP contribution in [0.25, 0.3) is 11.0 Å². The molecule has 108 valence electrons. The van der Waals surface area contributed by atoms with E-state index in [4.69, 9.17) is 5.11 Å². The molecule has 0 aromatic carbocycles. The molecular formula is C13H18N4O3. The maximum atomic E-state index is 11.3. The lowest BCUT2D eigenvalue weighted by Crippen LogP contribution is -2.09. The lowest BCUT2D eigenvalue weighted by Gasteiger charge is -2.11. The van der Waals surface area contributed by atoms with Crippen molar-refractivity contribution in [2.24, 2.45) is 7.05 Å². The smallest absolute Gasteiger partial charge is 0.339 e. The summed E-state index contributed by atoms with van der Waals surface area (Å²) in [5.41, 5.74) is 2.07. The first-order valence-corrected chi connectivity index (χ1v) is 6.46. The summed E-state index contributed by atoms with van der Waals surface area (Å²) in [6.45, 7) is 2.55. The van der Waals surface area contributed by atoms with Crippen LogP contribution in [0.1, 0.15) is 28.9 Å². The van der Waals surface area contributed by atoms with Gasteiger partial charge in [-0.25, -0.2) is 9.78 Å². The van der Waals surface area contributed by atoms with Crippen molar-refractivity contribution in [2.75, 3.05) is 18.5 Å². The average Bonchev–Trinajstić information content (AvgIpc) is 2.70. The maximum Gasteiger partial charge on any atom is 0.339 e. The van der Waals surface area contributed by atoms with Crippen molar-refractivity contribution < 1.29 is 15.0 Å². The lowest BCUT2D eigenvalue weighted by atomic mass is 10.1. The molecule has 0 aliphatic rings. The van der Waals surface area contributed by atoms with Crippen LogP contribution in [0.5, 0.6) is 0 Å². The van der Waals surface area contributed by atoms with Crippen molar-refractivity contribution >= 4 is 22.7 Å². The molecule has 2 aromatic heterocycles. The first kappa shape index (κ1) is 14.3. The minimum absolute atomic E-state index is 0.130. The predicted molar refractivity (Wildman–Crippen MR) is 75.0 cm³/mol. The topological polar surface area (TPSA) is 100 Å². The Bertz CT molecular complexity index is 636. The highest BCUT2D eigenvalue weighted by atomic mass is 16.4. The molecular weight excluding hydrogens is 260 g/mol. The first-order valence-electron chi connectivity index (χ1n) is 6.46. The largest absolute Gasteiger partial charge is 0.478 e. The number of hydrogen-bond acceptors (Lipinski definition) is 5. The molecule has 20 heavy (non-hydrogen) atoms. The van der Waals surface area contributed by atoms with Crippen LogP contribution in [0.15, 0.2) is 6.20 Å². The van der Waals surface area contributed by atoms with E-state index in [1.165, 1.54) is 6.20 Å². The lowest BCUT2D eigenvalue weighted by molar-refractivity contribution is 0.0697. The van der Waals surface area contributed by atoms with Crippen molar-refractivity contribution in [2.45, 2.75) is 19.8 Å². The monoisotopic (exact) mass is 278 g/mol. The van der Waals surface area contributed by atoms with Gasteiger partial charge in [0, 0.05) is 26.4 Å². The van der Waals surface area contributed by atoms with E-state index in [0.717, 1.165) is 17.5 Å². The Hall–Kier alpha value is -2.15. The van der Waals surface area contributed by atoms with Gasteiger partial charge in [0.25, 0.3) is 0 Å². The van der Waals surface area contributed by atoms with E-state index >= 15 is 0 Å². The molecule has 7 nitrogen and oxygen atoms in total. The van der Waals surface area contributed by atoms with Gasteiger partial charge >= 0.3 is 5.97 Å². The summed E-state index contributed by atoms with van der Waals surface area (Å²) in [6.07, 6.45) is 2.79. The molecule has 2 heterocycles. The Kier molecular flexibility index (Phi) is 4.19. The number of pyridine rings is 1. The number of hydrogen-bond donors (Lipinski definition) is 3. The number of fused-ring (bicyclic) bond motifs is 1. The van der Waals surface area contributed by atoms with Gasteiger partial charge in [-0.05, 0) is 19.8 Å². The van der Waals surface area contributed by atoms with Crippen LogP contribution >= 0.6 is 0 Å². The minimum atomic E-state index is -1.02. The Balaban J connectivity index is 2.45. The first-order chi connectivity index (χ1) is 9.56. The molecule has 2 rings (SSSR count). The van der Waals surface area contributed by atoms with Crippen LogP contribution in [-0.2, 0) is 7.05 Å². The summed E-state index contributed by atoms with van der Waals surface area (Å²) in [5.74, 6) is -1.02. The van der Waals surface area contributed by atoms with Gasteiger partial charge in [0.15, 0.2) is 5.65 Å². The summed E-state index contributed by atoms with van der Waals surface area (Å²) >= 11 is 0. The highest BCUT2D eigenvalue weighted by molar-refractivity contribution is 6.04. The number of rotatable bonds is 6. The second kappa shape index (κ2) is 5.87. The number of aliphatic hydroxyl groups is 1. The van der Waals surface area contributed by atoms with Gasteiger partial charge in [-0.2, -0.15) is 5.10 Å². The number of carboxylic acid groups (broad SMARTS) is 1. The molecule has 0 unspecified atom stereocenters. The third-order valence-electron chi connectivity index (χ3n) is 3.14. The molecule has 0 aliphatic heterocycles. The fourth-order valence-corrected chi connectivity index (χ4v) is 2.21. The highest BCUT2D eigenvalue weighted by Crippen LogP contribution is 2.28. The van der Waals surface area contributed by atoms with Crippen LogP contribution in [-0.4, -0.2) is 44.1 Å². The summed E-state index contributed by atoms with van der Waals surface area (Å²) in [5, 5.41) is 26.2. The number of carbonyl (C=O) groups is 1. The van der Waals surface area contributed by atoms with Crippen LogP contribution in [0.4, 0.5) is 5.69 Å². The molecule has 0 amide bonds. The standard InChI is InChI=1S/C13H18N4O3/c1-8-10-11(14-5-3-4-6-18)9(13(19)20)7-15-12(10)17(2)16-8/h7,18H,3-6H2,1-2H3,(H,14,15)(H,19,20). The van der Waals surface area contributed by atoms with E-state index in [0.29, 0.717) is 24.3 Å². The third-order valence-corrected chi connectivity index (χ3v) is 3.14. The number of carboxylic acids is 1. The van der Waals surface area contributed by atoms with Gasteiger partial charge < -0.3 is 15.5 Å². The molecule has 0 aliphatic carbocycles. The Labute approximate surface area is 116 Å². The van der Waals surface area contributed by atoms with Gasteiger partial charge in [0.2, 0.25) is 0 Å². The molecule has 0 saturated heterocycles. The van der Waals surface area contributed by atoms with Crippen molar-refractivity contribution in [3.05, 3.63) is 17.5 Å². The summed E-state index contributed by atoms with van der Waals surface area (Å²) in [7, 11) is 1.78. The number of aliphatic hydroxyl groups excluding tert-OH is 1. The molecule has 0 radical (unpaired) electrons. The molecule has 0 bridgehead atoms. The maximum absolute atomic E-state index is 11.3. The Morgan fingerprint density at radius 3 is 2.85 bits per heavy atom. The third kappa shape index (κ3) is 2.57. The number of unbranched alkanes of at least 4 members (excludes halogenated alkanes) is 1. The van der Waals surface area contributed by atoms with Crippen LogP contribution in [0.3, 0.4) is 0 Å². The van der Waals surface area contributed by atoms with Crippen molar-refractivity contribution in [3.8, 4) is 0 Å². The quantitative estimate of drug-likeness (QED) is 0.686. The summed E-state index contributed by atoms with van der Waals surface area (Å²) < 4.78 is 1.63. The van der Waals surface area contributed by atoms with E-state index in [9.17, 15) is 9.90 Å². The second-order valence-corrected chi connectivity index (χ2v) is 4.62. The predicted octanol–water partition coefficient (Wildman–Crippen LogP) is 1.16. The number of nitrogens with zero attached hydrogens (tertiary/aromatic N) is 3. The molecule has 7 heteroatoms. The fraction of sp³-hybridized carbons (Fsp3) is 0.462. The van der Waals surface area contributed by atoms with Crippen LogP contribution < -0.4 is 5.32 Å². The van der Waals surface area contributed by atoms with Gasteiger partial charge in [0.05, 0.1) is 16.8 Å². The highest BCUT2D eigenvalue weighted by Gasteiger charge is 2.18. The average molecular weight is 278 g/mol. The van der Waals surface area contributed by atoms with E-state index in [-0.39, 0.29) is 12.2 Å². The Morgan fingerprint density at radius 1 is 1.45 bits per heavy atom. The van der Waals surface area contributed by atoms with Crippen molar-refractivity contribution in [1.29, 1.82) is 0 Å². The fourth-order valence-electron chi connectivity index (χ4n) is 2.21. The van der Waals surface area contributed by atoms with Crippen molar-refractivity contribution in [1.82, 2.24) is 14.8 Å². The molecule has 0 spiro atoms. The molecule has 0 fully saturated rings. The summed E-state index contributed by atoms with van der Waals surface area (Å²) in [6, 6.07) is 0. The molecule has 2 aromatic rings. The normalized spacial score (nSPS) is 10.9. The Morgan fingerprint density at radius 2 is 2.20 bits per heavy atom. The molecule has 0 atom stereocenters. The number of aromatic nitrogens is 3. The molecule has 3 N–H and O–H groups in total. The number of nitrogens with one attached hydrogen (secondary N) is 1. The van der Waals surface area contributed by atoms with E-state index in [2.05, 4.69) is 15.4 Å². The van der Waals surface area contributed by atoms with Crippen LogP contribution in [0, 0.1) is 6.92 Å². The zero-order valence-electron chi connectivity index (χ0n) is 11.6. The summed E-state index contributed by atoms with van der Waals surface area (Å²) in [4.78, 5) is 15.5. The van der Waals surface area contributed by atoms with Gasteiger partial charge in [-0.1, -0.05) is 0 Å². The second-order valence-electron chi connectivity index (χ2n) is 4.62. The number of aryl methyl sites for hydroxylation is 2. The number of anilines is 1. The van der Waals surface area contributed by atoms with Gasteiger partial charge in [-0.15, -0.1) is 0 Å². The van der Waals surface area contributed by atoms with Gasteiger partial charge in [0.1, 0.15) is 5.56 Å². The zero-order valence-corrected chi connectivity index (χ0v) is 11.6. The van der Waals surface area contributed by atoms with E-state index in [1.54, 1.807) is 11.7 Å².